The number of aliphatic hydroxyl groups excluding tert-OH is 3. The minimum Gasteiger partial charge on any atom is -0.506 e. The van der Waals surface area contributed by atoms with Crippen LogP contribution in [0.4, 0.5) is 0 Å². The summed E-state index contributed by atoms with van der Waals surface area (Å²) in [5, 5.41) is 49.7. The Balaban J connectivity index is 2.04. The average molecular weight is 350 g/mol. The lowest BCUT2D eigenvalue weighted by Gasteiger charge is -2.39. The largest absolute Gasteiger partial charge is 0.506 e. The van der Waals surface area contributed by atoms with Crippen molar-refractivity contribution in [3.63, 3.8) is 0 Å². The minimum absolute atomic E-state index is 0.0608. The van der Waals surface area contributed by atoms with E-state index in [1.165, 1.54) is 13.0 Å². The third-order valence-electron chi connectivity index (χ3n) is 4.26. The molecule has 5 N–H and O–H groups in total. The monoisotopic (exact) mass is 350 g/mol. The number of benzene rings is 2. The van der Waals surface area contributed by atoms with Crippen LogP contribution in [-0.2, 0) is 4.74 Å². The first-order valence-corrected chi connectivity index (χ1v) is 7.65. The summed E-state index contributed by atoms with van der Waals surface area (Å²) in [6.45, 7) is 1.51. The molecule has 0 amide bonds. The van der Waals surface area contributed by atoms with E-state index in [1.807, 2.05) is 0 Å². The number of aromatic carboxylic acids is 1. The Labute approximate surface area is 142 Å². The predicted molar refractivity (Wildman–Crippen MR) is 85.6 cm³/mol. The Kier molecular flexibility index (Phi) is 4.53. The molecule has 134 valence electrons. The number of carboxylic acids is 1. The van der Waals surface area contributed by atoms with Gasteiger partial charge in [-0.05, 0) is 13.0 Å². The number of rotatable bonds is 3. The second-order valence-corrected chi connectivity index (χ2v) is 5.92. The van der Waals surface area contributed by atoms with Crippen LogP contribution in [0.5, 0.6) is 11.5 Å². The predicted octanol–water partition coefficient (Wildman–Crippen LogP) is 0.450. The van der Waals surface area contributed by atoms with Crippen LogP contribution in [0, 0.1) is 0 Å². The van der Waals surface area contributed by atoms with E-state index in [0.29, 0.717) is 5.39 Å². The summed E-state index contributed by atoms with van der Waals surface area (Å²) in [6, 6.07) is 7.57. The van der Waals surface area contributed by atoms with E-state index >= 15 is 0 Å². The van der Waals surface area contributed by atoms with Gasteiger partial charge in [0.25, 0.3) is 0 Å². The molecule has 5 atom stereocenters. The molecule has 8 nitrogen and oxygen atoms in total. The highest BCUT2D eigenvalue weighted by Crippen LogP contribution is 2.37. The normalized spacial score (nSPS) is 29.5. The first-order valence-electron chi connectivity index (χ1n) is 7.65. The van der Waals surface area contributed by atoms with Crippen molar-refractivity contribution < 1.29 is 39.8 Å². The summed E-state index contributed by atoms with van der Waals surface area (Å²) in [5.41, 5.74) is -0.368. The summed E-state index contributed by atoms with van der Waals surface area (Å²) >= 11 is 0. The molecule has 0 aliphatic carbocycles. The zero-order valence-corrected chi connectivity index (χ0v) is 13.2. The Morgan fingerprint density at radius 2 is 1.72 bits per heavy atom. The molecule has 0 bridgehead atoms. The Hall–Kier alpha value is -2.39. The fraction of sp³-hybridized carbons (Fsp3) is 0.353. The molecule has 8 heteroatoms. The Bertz CT molecular complexity index is 805. The molecule has 2 aromatic carbocycles. The number of carboxylic acid groups (broad SMARTS) is 1. The van der Waals surface area contributed by atoms with Gasteiger partial charge in [0.15, 0.2) is 0 Å². The maximum atomic E-state index is 11.4. The zero-order valence-electron chi connectivity index (χ0n) is 13.2. The molecule has 0 radical (unpaired) electrons. The third-order valence-corrected chi connectivity index (χ3v) is 4.26. The van der Waals surface area contributed by atoms with Crippen molar-refractivity contribution in [1.82, 2.24) is 0 Å². The van der Waals surface area contributed by atoms with Gasteiger partial charge in [0.2, 0.25) is 6.29 Å². The van der Waals surface area contributed by atoms with Crippen LogP contribution < -0.4 is 4.74 Å². The first-order chi connectivity index (χ1) is 11.8. The quantitative estimate of drug-likeness (QED) is 0.538. The number of hydrogen-bond acceptors (Lipinski definition) is 7. The molecule has 1 aliphatic heterocycles. The van der Waals surface area contributed by atoms with Gasteiger partial charge >= 0.3 is 5.97 Å². The van der Waals surface area contributed by atoms with Crippen LogP contribution in [0.3, 0.4) is 0 Å². The second kappa shape index (κ2) is 6.49. The minimum atomic E-state index is -1.54. The maximum Gasteiger partial charge on any atom is 0.339 e. The third kappa shape index (κ3) is 3.00. The van der Waals surface area contributed by atoms with E-state index in [-0.39, 0.29) is 16.7 Å². The molecule has 1 saturated heterocycles. The Morgan fingerprint density at radius 3 is 2.36 bits per heavy atom. The van der Waals surface area contributed by atoms with Crippen LogP contribution in [0.1, 0.15) is 17.3 Å². The summed E-state index contributed by atoms with van der Waals surface area (Å²) in [6.07, 6.45) is -6.40. The number of fused-ring (bicyclic) bond motifs is 1. The van der Waals surface area contributed by atoms with Crippen molar-refractivity contribution in [3.05, 3.63) is 35.9 Å². The molecule has 1 fully saturated rings. The van der Waals surface area contributed by atoms with Crippen molar-refractivity contribution in [3.8, 4) is 11.5 Å². The van der Waals surface area contributed by atoms with Gasteiger partial charge in [-0.3, -0.25) is 0 Å². The van der Waals surface area contributed by atoms with E-state index in [4.69, 9.17) is 9.47 Å². The number of aliphatic hydroxyl groups is 3. The first kappa shape index (κ1) is 17.4. The van der Waals surface area contributed by atoms with E-state index < -0.39 is 42.4 Å². The van der Waals surface area contributed by atoms with Crippen molar-refractivity contribution >= 4 is 16.7 Å². The highest BCUT2D eigenvalue weighted by molar-refractivity contribution is 6.03. The lowest BCUT2D eigenvalue weighted by Crippen LogP contribution is -2.58. The standard InChI is InChI=1S/C17H18O8/c1-7-12(18)14(20)15(21)17(24-7)25-11-6-10(16(22)23)13(19)9-5-3-2-4-8(9)11/h2-7,12,14-15,17-21H,1H3,(H,22,23)/t7-,12-,14+,15-,17+/m1/s1. The van der Waals surface area contributed by atoms with Crippen LogP contribution >= 0.6 is 0 Å². The van der Waals surface area contributed by atoms with Gasteiger partial charge in [0.1, 0.15) is 35.4 Å². The van der Waals surface area contributed by atoms with Gasteiger partial charge in [0, 0.05) is 10.8 Å². The summed E-state index contributed by atoms with van der Waals surface area (Å²) in [5.74, 6) is -1.68. The van der Waals surface area contributed by atoms with Crippen LogP contribution in [0.25, 0.3) is 10.8 Å². The maximum absolute atomic E-state index is 11.4. The number of ether oxygens (including phenoxy) is 2. The smallest absolute Gasteiger partial charge is 0.339 e. The fourth-order valence-corrected chi connectivity index (χ4v) is 2.82. The van der Waals surface area contributed by atoms with Crippen LogP contribution in [0.15, 0.2) is 30.3 Å². The van der Waals surface area contributed by atoms with Gasteiger partial charge in [-0.25, -0.2) is 4.79 Å². The highest BCUT2D eigenvalue weighted by atomic mass is 16.7. The molecule has 0 unspecified atom stereocenters. The number of carbonyl (C=O) groups is 1. The molecule has 1 heterocycles. The van der Waals surface area contributed by atoms with E-state index in [9.17, 15) is 30.3 Å². The highest BCUT2D eigenvalue weighted by Gasteiger charge is 2.43. The zero-order chi connectivity index (χ0) is 18.3. The molecule has 1 aliphatic rings. The lowest BCUT2D eigenvalue weighted by molar-refractivity contribution is -0.267. The number of phenols is 1. The molecule has 3 rings (SSSR count). The Morgan fingerprint density at radius 1 is 1.08 bits per heavy atom. The summed E-state index contributed by atoms with van der Waals surface area (Å²) in [7, 11) is 0. The molecule has 25 heavy (non-hydrogen) atoms. The molecule has 0 spiro atoms. The van der Waals surface area contributed by atoms with Gasteiger partial charge < -0.3 is 35.0 Å². The summed E-state index contributed by atoms with van der Waals surface area (Å²) < 4.78 is 11.0. The molecular formula is C17H18O8. The molecule has 0 aromatic heterocycles. The van der Waals surface area contributed by atoms with Gasteiger partial charge in [-0.1, -0.05) is 24.3 Å². The topological polar surface area (TPSA) is 137 Å². The van der Waals surface area contributed by atoms with Crippen molar-refractivity contribution in [1.29, 1.82) is 0 Å². The molecule has 0 saturated carbocycles. The second-order valence-electron chi connectivity index (χ2n) is 5.92. The number of aromatic hydroxyl groups is 1. The van der Waals surface area contributed by atoms with Crippen molar-refractivity contribution in [2.45, 2.75) is 37.6 Å². The van der Waals surface area contributed by atoms with Gasteiger partial charge in [-0.15, -0.1) is 0 Å². The number of hydrogen-bond donors (Lipinski definition) is 5. The average Bonchev–Trinajstić information content (AvgIpc) is 2.59. The van der Waals surface area contributed by atoms with Crippen molar-refractivity contribution in [2.75, 3.05) is 0 Å². The van der Waals surface area contributed by atoms with E-state index in [1.54, 1.807) is 18.2 Å². The van der Waals surface area contributed by atoms with Gasteiger partial charge in [-0.2, -0.15) is 0 Å². The van der Waals surface area contributed by atoms with Gasteiger partial charge in [0.05, 0.1) is 6.10 Å². The summed E-state index contributed by atoms with van der Waals surface area (Å²) in [4.78, 5) is 11.4. The fourth-order valence-electron chi connectivity index (χ4n) is 2.82. The van der Waals surface area contributed by atoms with Crippen molar-refractivity contribution in [2.24, 2.45) is 0 Å². The molecular weight excluding hydrogens is 332 g/mol. The molecule has 2 aromatic rings. The van der Waals surface area contributed by atoms with E-state index in [0.717, 1.165) is 6.07 Å². The van der Waals surface area contributed by atoms with Crippen LogP contribution in [0.2, 0.25) is 0 Å². The van der Waals surface area contributed by atoms with E-state index in [2.05, 4.69) is 0 Å². The lowest BCUT2D eigenvalue weighted by atomic mass is 10.00. The SMILES string of the molecule is C[C@H]1O[C@@H](Oc2cc(C(=O)O)c(O)c3ccccc23)[C@H](O)[C@@H](O)[C@@H]1O. The van der Waals surface area contributed by atoms with Crippen LogP contribution in [-0.4, -0.2) is 62.2 Å².